The highest BCUT2D eigenvalue weighted by Crippen LogP contribution is 2.04. The summed E-state index contributed by atoms with van der Waals surface area (Å²) < 4.78 is 4.61. The number of rotatable bonds is 6. The molecule has 0 spiro atoms. The Hall–Kier alpha value is -1.68. The summed E-state index contributed by atoms with van der Waals surface area (Å²) in [5.74, 6) is -0.704. The third kappa shape index (κ3) is 5.26. The molecule has 0 fully saturated rings. The fourth-order valence-electron chi connectivity index (χ4n) is 1.41. The summed E-state index contributed by atoms with van der Waals surface area (Å²) in [6, 6.07) is 9.24. The van der Waals surface area contributed by atoms with Gasteiger partial charge in [0.05, 0.1) is 6.04 Å². The third-order valence-electron chi connectivity index (χ3n) is 2.42. The maximum absolute atomic E-state index is 11.5. The fraction of sp³-hybridized carbons (Fsp3) is 0.385. The third-order valence-corrected chi connectivity index (χ3v) is 2.42. The van der Waals surface area contributed by atoms with E-state index in [1.807, 2.05) is 30.3 Å². The Balaban J connectivity index is 2.31. The molecule has 4 heteroatoms. The minimum absolute atomic E-state index is 0.231. The van der Waals surface area contributed by atoms with E-state index in [-0.39, 0.29) is 12.4 Å². The van der Waals surface area contributed by atoms with E-state index >= 15 is 0 Å². The van der Waals surface area contributed by atoms with Crippen LogP contribution in [0.15, 0.2) is 30.3 Å². The summed E-state index contributed by atoms with van der Waals surface area (Å²) >= 11 is 0. The number of nitrogens with two attached hydrogens (primary N) is 1. The highest BCUT2D eigenvalue weighted by atomic mass is 16.5. The molecule has 2 N–H and O–H groups in total. The van der Waals surface area contributed by atoms with Crippen LogP contribution in [0, 0.1) is 0 Å². The number of hydrogen-bond donors (Lipinski definition) is 1. The van der Waals surface area contributed by atoms with Crippen LogP contribution in [0.1, 0.15) is 18.9 Å². The Labute approximate surface area is 101 Å². The Morgan fingerprint density at radius 2 is 1.94 bits per heavy atom. The van der Waals surface area contributed by atoms with Crippen molar-refractivity contribution in [1.82, 2.24) is 0 Å². The highest BCUT2D eigenvalue weighted by molar-refractivity contribution is 5.86. The van der Waals surface area contributed by atoms with E-state index in [1.165, 1.54) is 6.92 Å². The maximum atomic E-state index is 11.5. The largest absolute Gasteiger partial charge is 0.458 e. The normalized spacial score (nSPS) is 11.9. The first kappa shape index (κ1) is 13.4. The quantitative estimate of drug-likeness (QED) is 0.749. The van der Waals surface area contributed by atoms with Gasteiger partial charge in [-0.15, -0.1) is 0 Å². The monoisotopic (exact) mass is 235 g/mol. The molecule has 4 nitrogen and oxygen atoms in total. The second-order valence-corrected chi connectivity index (χ2v) is 3.88. The molecule has 0 saturated carbocycles. The summed E-state index contributed by atoms with van der Waals surface area (Å²) in [5.41, 5.74) is 6.85. The Morgan fingerprint density at radius 3 is 2.53 bits per heavy atom. The smallest absolute Gasteiger partial charge is 0.303 e. The number of Topliss-reactive ketones (excluding diaryl/α,β-unsaturated/α-hetero) is 1. The molecule has 0 aromatic heterocycles. The minimum Gasteiger partial charge on any atom is -0.458 e. The van der Waals surface area contributed by atoms with Gasteiger partial charge in [-0.05, 0) is 18.4 Å². The van der Waals surface area contributed by atoms with Crippen molar-refractivity contribution in [2.75, 3.05) is 6.61 Å². The number of ketones is 1. The van der Waals surface area contributed by atoms with Gasteiger partial charge in [0, 0.05) is 6.92 Å². The average molecular weight is 235 g/mol. The second kappa shape index (κ2) is 6.81. The molecule has 1 atom stereocenters. The number of carbonyl (C=O) groups is 2. The van der Waals surface area contributed by atoms with Crippen molar-refractivity contribution in [2.45, 2.75) is 25.8 Å². The average Bonchev–Trinajstić information content (AvgIpc) is 2.34. The van der Waals surface area contributed by atoms with E-state index in [9.17, 15) is 9.59 Å². The van der Waals surface area contributed by atoms with Crippen LogP contribution in [0.4, 0.5) is 0 Å². The Kier molecular flexibility index (Phi) is 5.36. The molecule has 1 aromatic carbocycles. The predicted octanol–water partition coefficient (Wildman–Crippen LogP) is 1.08. The minimum atomic E-state index is -0.574. The molecule has 0 bridgehead atoms. The molecular formula is C13H17NO3. The number of ether oxygens (including phenoxy) is 1. The van der Waals surface area contributed by atoms with E-state index in [0.29, 0.717) is 6.42 Å². The summed E-state index contributed by atoms with van der Waals surface area (Å²) in [5, 5.41) is 0. The first-order valence-corrected chi connectivity index (χ1v) is 5.55. The van der Waals surface area contributed by atoms with E-state index in [0.717, 1.165) is 12.0 Å². The first-order chi connectivity index (χ1) is 8.09. The van der Waals surface area contributed by atoms with E-state index in [4.69, 9.17) is 5.73 Å². The van der Waals surface area contributed by atoms with E-state index in [1.54, 1.807) is 0 Å². The van der Waals surface area contributed by atoms with Crippen LogP contribution in [0.2, 0.25) is 0 Å². The van der Waals surface area contributed by atoms with Gasteiger partial charge in [0.15, 0.2) is 12.4 Å². The molecule has 1 rings (SSSR count). The van der Waals surface area contributed by atoms with Crippen molar-refractivity contribution in [2.24, 2.45) is 5.73 Å². The number of hydrogen-bond acceptors (Lipinski definition) is 4. The van der Waals surface area contributed by atoms with Crippen molar-refractivity contribution in [3.63, 3.8) is 0 Å². The van der Waals surface area contributed by atoms with Gasteiger partial charge < -0.3 is 10.5 Å². The van der Waals surface area contributed by atoms with Crippen LogP contribution < -0.4 is 5.73 Å². The predicted molar refractivity (Wildman–Crippen MR) is 64.4 cm³/mol. The van der Waals surface area contributed by atoms with Crippen LogP contribution in [0.25, 0.3) is 0 Å². The zero-order chi connectivity index (χ0) is 12.7. The Bertz CT molecular complexity index is 376. The van der Waals surface area contributed by atoms with Crippen molar-refractivity contribution < 1.29 is 14.3 Å². The molecule has 0 aliphatic heterocycles. The summed E-state index contributed by atoms with van der Waals surface area (Å²) in [6.45, 7) is 1.04. The molecule has 0 unspecified atom stereocenters. The number of carbonyl (C=O) groups excluding carboxylic acids is 2. The lowest BCUT2D eigenvalue weighted by Crippen LogP contribution is -2.34. The highest BCUT2D eigenvalue weighted by Gasteiger charge is 2.14. The lowest BCUT2D eigenvalue weighted by Gasteiger charge is -2.10. The lowest BCUT2D eigenvalue weighted by molar-refractivity contribution is -0.146. The zero-order valence-electron chi connectivity index (χ0n) is 9.89. The lowest BCUT2D eigenvalue weighted by atomic mass is 10.0. The van der Waals surface area contributed by atoms with Gasteiger partial charge in [-0.3, -0.25) is 9.59 Å². The molecule has 0 aliphatic rings. The topological polar surface area (TPSA) is 69.4 Å². The number of benzene rings is 1. The summed E-state index contributed by atoms with van der Waals surface area (Å²) in [6.07, 6.45) is 1.30. The zero-order valence-corrected chi connectivity index (χ0v) is 9.89. The van der Waals surface area contributed by atoms with E-state index in [2.05, 4.69) is 4.74 Å². The molecule has 0 saturated heterocycles. The van der Waals surface area contributed by atoms with Crippen LogP contribution in [0.3, 0.4) is 0 Å². The standard InChI is InChI=1S/C13H17NO3/c1-10(15)17-9-13(16)12(14)8-7-11-5-3-2-4-6-11/h2-6,12H,7-9,14H2,1H3/t12-/m0/s1. The van der Waals surface area contributed by atoms with Gasteiger partial charge in [-0.1, -0.05) is 30.3 Å². The number of aryl methyl sites for hydroxylation is 1. The van der Waals surface area contributed by atoms with Gasteiger partial charge >= 0.3 is 5.97 Å². The van der Waals surface area contributed by atoms with Gasteiger partial charge in [-0.2, -0.15) is 0 Å². The molecular weight excluding hydrogens is 218 g/mol. The molecule has 1 aromatic rings. The SMILES string of the molecule is CC(=O)OCC(=O)[C@@H](N)CCc1ccccc1. The first-order valence-electron chi connectivity index (χ1n) is 5.55. The molecule has 17 heavy (non-hydrogen) atoms. The molecule has 0 amide bonds. The number of esters is 1. The van der Waals surface area contributed by atoms with Crippen molar-refractivity contribution in [3.8, 4) is 0 Å². The van der Waals surface area contributed by atoms with Crippen LogP contribution >= 0.6 is 0 Å². The summed E-state index contributed by atoms with van der Waals surface area (Å²) in [7, 11) is 0. The van der Waals surface area contributed by atoms with Crippen molar-refractivity contribution >= 4 is 11.8 Å². The molecule has 0 aliphatic carbocycles. The second-order valence-electron chi connectivity index (χ2n) is 3.88. The molecule has 0 radical (unpaired) electrons. The maximum Gasteiger partial charge on any atom is 0.303 e. The molecule has 92 valence electrons. The molecule has 0 heterocycles. The van der Waals surface area contributed by atoms with Gasteiger partial charge in [0.25, 0.3) is 0 Å². The fourth-order valence-corrected chi connectivity index (χ4v) is 1.41. The van der Waals surface area contributed by atoms with Crippen LogP contribution in [-0.2, 0) is 20.7 Å². The van der Waals surface area contributed by atoms with Crippen LogP contribution in [-0.4, -0.2) is 24.4 Å². The van der Waals surface area contributed by atoms with Gasteiger partial charge in [0.2, 0.25) is 0 Å². The van der Waals surface area contributed by atoms with E-state index < -0.39 is 12.0 Å². The summed E-state index contributed by atoms with van der Waals surface area (Å²) in [4.78, 5) is 22.0. The van der Waals surface area contributed by atoms with Crippen molar-refractivity contribution in [3.05, 3.63) is 35.9 Å². The van der Waals surface area contributed by atoms with Crippen LogP contribution in [0.5, 0.6) is 0 Å². The van der Waals surface area contributed by atoms with Gasteiger partial charge in [0.1, 0.15) is 0 Å². The van der Waals surface area contributed by atoms with Crippen molar-refractivity contribution in [1.29, 1.82) is 0 Å². The van der Waals surface area contributed by atoms with Gasteiger partial charge in [-0.25, -0.2) is 0 Å². The Morgan fingerprint density at radius 1 is 1.29 bits per heavy atom.